The summed E-state index contributed by atoms with van der Waals surface area (Å²) in [5.41, 5.74) is 4.57. The summed E-state index contributed by atoms with van der Waals surface area (Å²) in [5, 5.41) is 0. The molecule has 1 aromatic rings. The van der Waals surface area contributed by atoms with Crippen molar-refractivity contribution in [2.24, 2.45) is 0 Å². The number of hydrogen-bond acceptors (Lipinski definition) is 0. The molecule has 1 heteroatoms. The molecule has 0 radical (unpaired) electrons. The average Bonchev–Trinajstić information content (AvgIpc) is 2.29. The lowest BCUT2D eigenvalue weighted by Crippen LogP contribution is -1.93. The number of unbranched alkanes of at least 4 members (excludes halogenated alkanes) is 2. The van der Waals surface area contributed by atoms with Crippen molar-refractivity contribution in [3.05, 3.63) is 34.9 Å². The summed E-state index contributed by atoms with van der Waals surface area (Å²) < 4.78 is 1.14. The fraction of sp³-hybridized carbons (Fsp3) is 0.571. The molecule has 84 valence electrons. The van der Waals surface area contributed by atoms with E-state index >= 15 is 0 Å². The van der Waals surface area contributed by atoms with Gasteiger partial charge in [-0.3, -0.25) is 0 Å². The molecule has 0 aliphatic heterocycles. The molecule has 0 N–H and O–H groups in total. The van der Waals surface area contributed by atoms with E-state index in [0.717, 1.165) is 10.8 Å². The van der Waals surface area contributed by atoms with Crippen LogP contribution < -0.4 is 0 Å². The molecule has 0 unspecified atom stereocenters. The van der Waals surface area contributed by atoms with Gasteiger partial charge in [0.25, 0.3) is 0 Å². The molecule has 0 saturated heterocycles. The Kier molecular flexibility index (Phi) is 6.30. The second-order valence-corrected chi connectivity index (χ2v) is 4.81. The lowest BCUT2D eigenvalue weighted by Gasteiger charge is -2.08. The molecule has 0 aliphatic rings. The minimum atomic E-state index is 1.14. The Labute approximate surface area is 108 Å². The summed E-state index contributed by atoms with van der Waals surface area (Å²) in [6, 6.07) is 7.03. The van der Waals surface area contributed by atoms with Gasteiger partial charge in [0.05, 0.1) is 0 Å². The van der Waals surface area contributed by atoms with E-state index in [4.69, 9.17) is 0 Å². The van der Waals surface area contributed by atoms with Crippen molar-refractivity contribution < 1.29 is 0 Å². The van der Waals surface area contributed by atoms with E-state index in [1.165, 1.54) is 42.4 Å². The number of aryl methyl sites for hydroxylation is 2. The highest BCUT2D eigenvalue weighted by molar-refractivity contribution is 14.1. The van der Waals surface area contributed by atoms with Gasteiger partial charge in [0.1, 0.15) is 0 Å². The smallest absolute Gasteiger partial charge is 0.0249 e. The fourth-order valence-electron chi connectivity index (χ4n) is 1.88. The van der Waals surface area contributed by atoms with Crippen molar-refractivity contribution in [2.45, 2.75) is 50.4 Å². The van der Waals surface area contributed by atoms with Crippen LogP contribution in [0.5, 0.6) is 0 Å². The second-order valence-electron chi connectivity index (χ2n) is 4.05. The molecule has 0 amide bonds. The van der Waals surface area contributed by atoms with Gasteiger partial charge in [0.15, 0.2) is 0 Å². The van der Waals surface area contributed by atoms with Crippen molar-refractivity contribution in [1.82, 2.24) is 0 Å². The molecule has 0 nitrogen and oxygen atoms in total. The maximum absolute atomic E-state index is 2.46. The standard InChI is InChI=1S/C14H21I/c1-3-5-6-7-12-8-9-13(4-2)14(10-12)11-15/h8-10H,3-7,11H2,1-2H3. The zero-order valence-corrected chi connectivity index (χ0v) is 12.0. The van der Waals surface area contributed by atoms with E-state index in [-0.39, 0.29) is 0 Å². The van der Waals surface area contributed by atoms with Crippen LogP contribution in [-0.4, -0.2) is 0 Å². The van der Waals surface area contributed by atoms with Gasteiger partial charge in [-0.15, -0.1) is 0 Å². The Bertz CT molecular complexity index is 291. The van der Waals surface area contributed by atoms with Crippen LogP contribution >= 0.6 is 22.6 Å². The highest BCUT2D eigenvalue weighted by atomic mass is 127. The van der Waals surface area contributed by atoms with Crippen molar-refractivity contribution in [1.29, 1.82) is 0 Å². The predicted octanol–water partition coefficient (Wildman–Crippen LogP) is 4.92. The average molecular weight is 316 g/mol. The van der Waals surface area contributed by atoms with E-state index in [9.17, 15) is 0 Å². The molecule has 0 aromatic heterocycles. The van der Waals surface area contributed by atoms with Crippen molar-refractivity contribution in [2.75, 3.05) is 0 Å². The Hall–Kier alpha value is -0.0500. The highest BCUT2D eigenvalue weighted by Gasteiger charge is 2.01. The van der Waals surface area contributed by atoms with Gasteiger partial charge in [0, 0.05) is 4.43 Å². The summed E-state index contributed by atoms with van der Waals surface area (Å²) >= 11 is 2.46. The quantitative estimate of drug-likeness (QED) is 0.397. The van der Waals surface area contributed by atoms with E-state index < -0.39 is 0 Å². The van der Waals surface area contributed by atoms with Crippen LogP contribution in [0.2, 0.25) is 0 Å². The number of rotatable bonds is 6. The first kappa shape index (κ1) is 13.0. The maximum atomic E-state index is 2.46. The molecule has 1 aromatic carbocycles. The Morgan fingerprint density at radius 2 is 1.87 bits per heavy atom. The van der Waals surface area contributed by atoms with Crippen LogP contribution in [0.3, 0.4) is 0 Å². The molecule has 0 bridgehead atoms. The molecule has 0 heterocycles. The summed E-state index contributed by atoms with van der Waals surface area (Å²) in [4.78, 5) is 0. The Morgan fingerprint density at radius 3 is 2.47 bits per heavy atom. The third kappa shape index (κ3) is 4.13. The zero-order chi connectivity index (χ0) is 11.1. The van der Waals surface area contributed by atoms with E-state index in [1.807, 2.05) is 0 Å². The number of hydrogen-bond donors (Lipinski definition) is 0. The molecule has 0 atom stereocenters. The normalized spacial score (nSPS) is 10.6. The third-order valence-corrected chi connectivity index (χ3v) is 3.69. The monoisotopic (exact) mass is 316 g/mol. The molecule has 15 heavy (non-hydrogen) atoms. The molecular formula is C14H21I. The molecular weight excluding hydrogens is 295 g/mol. The summed E-state index contributed by atoms with van der Waals surface area (Å²) in [6.45, 7) is 4.50. The van der Waals surface area contributed by atoms with Crippen molar-refractivity contribution in [3.8, 4) is 0 Å². The number of alkyl halides is 1. The second kappa shape index (κ2) is 7.26. The van der Waals surface area contributed by atoms with Gasteiger partial charge < -0.3 is 0 Å². The van der Waals surface area contributed by atoms with Gasteiger partial charge in [-0.1, -0.05) is 67.5 Å². The Balaban J connectivity index is 2.66. The van der Waals surface area contributed by atoms with Crippen LogP contribution in [0.25, 0.3) is 0 Å². The van der Waals surface area contributed by atoms with Crippen LogP contribution in [0, 0.1) is 0 Å². The first-order valence-electron chi connectivity index (χ1n) is 5.98. The first-order valence-corrected chi connectivity index (χ1v) is 7.51. The number of benzene rings is 1. The molecule has 1 rings (SSSR count). The van der Waals surface area contributed by atoms with Crippen LogP contribution in [-0.2, 0) is 17.3 Å². The molecule has 0 fully saturated rings. The van der Waals surface area contributed by atoms with Gasteiger partial charge in [0.2, 0.25) is 0 Å². The lowest BCUT2D eigenvalue weighted by molar-refractivity contribution is 0.717. The third-order valence-electron chi connectivity index (χ3n) is 2.86. The van der Waals surface area contributed by atoms with Gasteiger partial charge in [-0.25, -0.2) is 0 Å². The van der Waals surface area contributed by atoms with E-state index in [2.05, 4.69) is 54.6 Å². The minimum absolute atomic E-state index is 1.14. The topological polar surface area (TPSA) is 0 Å². The summed E-state index contributed by atoms with van der Waals surface area (Å²) in [5.74, 6) is 0. The van der Waals surface area contributed by atoms with Crippen LogP contribution in [0.1, 0.15) is 49.8 Å². The lowest BCUT2D eigenvalue weighted by atomic mass is 10.00. The van der Waals surface area contributed by atoms with Crippen LogP contribution in [0.4, 0.5) is 0 Å². The Morgan fingerprint density at radius 1 is 1.07 bits per heavy atom. The predicted molar refractivity (Wildman–Crippen MR) is 76.8 cm³/mol. The number of halogens is 1. The fourth-order valence-corrected chi connectivity index (χ4v) is 2.59. The largest absolute Gasteiger partial charge is 0.0812 e. The zero-order valence-electron chi connectivity index (χ0n) is 9.85. The minimum Gasteiger partial charge on any atom is -0.0812 e. The molecule has 0 spiro atoms. The maximum Gasteiger partial charge on any atom is 0.0249 e. The van der Waals surface area contributed by atoms with Crippen molar-refractivity contribution in [3.63, 3.8) is 0 Å². The summed E-state index contributed by atoms with van der Waals surface area (Å²) in [7, 11) is 0. The molecule has 0 aliphatic carbocycles. The summed E-state index contributed by atoms with van der Waals surface area (Å²) in [6.07, 6.45) is 6.42. The SMILES string of the molecule is CCCCCc1ccc(CC)c(CI)c1. The van der Waals surface area contributed by atoms with Gasteiger partial charge in [-0.05, 0) is 36.0 Å². The van der Waals surface area contributed by atoms with E-state index in [0.29, 0.717) is 0 Å². The van der Waals surface area contributed by atoms with E-state index in [1.54, 1.807) is 0 Å². The first-order chi connectivity index (χ1) is 7.31. The highest BCUT2D eigenvalue weighted by Crippen LogP contribution is 2.17. The van der Waals surface area contributed by atoms with Gasteiger partial charge in [-0.2, -0.15) is 0 Å². The van der Waals surface area contributed by atoms with Crippen molar-refractivity contribution >= 4 is 22.6 Å². The van der Waals surface area contributed by atoms with Crippen LogP contribution in [0.15, 0.2) is 18.2 Å². The van der Waals surface area contributed by atoms with Gasteiger partial charge >= 0.3 is 0 Å². The molecule has 0 saturated carbocycles.